The van der Waals surface area contributed by atoms with E-state index in [0.29, 0.717) is 0 Å². The molecule has 12 heteroatoms. The van der Waals surface area contributed by atoms with E-state index < -0.39 is 0 Å². The smallest absolute Gasteiger partial charge is 0.0705 e. The molecule has 0 saturated carbocycles. The highest BCUT2D eigenvalue weighted by Crippen LogP contribution is 2.56. The molecule has 0 aliphatic carbocycles. The van der Waals surface area contributed by atoms with Crippen molar-refractivity contribution in [1.29, 1.82) is 0 Å². The summed E-state index contributed by atoms with van der Waals surface area (Å²) in [5.41, 5.74) is 0. The molecule has 0 fully saturated rings. The Morgan fingerprint density at radius 2 is 0.933 bits per heavy atom. The van der Waals surface area contributed by atoms with Crippen molar-refractivity contribution < 1.29 is 0 Å². The molecule has 0 aromatic heterocycles. The molecule has 0 nitrogen and oxygen atoms in total. The Kier molecular flexibility index (Phi) is 12.8. The molecular formula is C18H18S12. The Balaban J connectivity index is 0.956. The molecule has 0 atom stereocenters. The number of rotatable bonds is 11. The van der Waals surface area contributed by atoms with Gasteiger partial charge in [0.25, 0.3) is 0 Å². The average Bonchev–Trinajstić information content (AvgIpc) is 3.56. The quantitative estimate of drug-likeness (QED) is 0.160. The van der Waals surface area contributed by atoms with Gasteiger partial charge in [-0.15, -0.1) is 23.5 Å². The first-order chi connectivity index (χ1) is 14.9. The lowest BCUT2D eigenvalue weighted by atomic mass is 10.6. The van der Waals surface area contributed by atoms with E-state index in [-0.39, 0.29) is 0 Å². The van der Waals surface area contributed by atoms with Crippen molar-refractivity contribution in [3.05, 3.63) is 57.9 Å². The third kappa shape index (κ3) is 8.70. The van der Waals surface area contributed by atoms with Gasteiger partial charge in [0.2, 0.25) is 0 Å². The van der Waals surface area contributed by atoms with Crippen LogP contribution in [0.2, 0.25) is 0 Å². The molecule has 4 rings (SSSR count). The molecule has 0 saturated heterocycles. The zero-order valence-electron chi connectivity index (χ0n) is 15.6. The van der Waals surface area contributed by atoms with Gasteiger partial charge in [-0.05, 0) is 56.8 Å². The number of thioether (sulfide) groups is 10. The Hall–Kier alpha value is 2.64. The molecule has 0 N–H and O–H groups in total. The minimum atomic E-state index is 1.23. The fourth-order valence-electron chi connectivity index (χ4n) is 2.09. The van der Waals surface area contributed by atoms with Crippen LogP contribution in [0.1, 0.15) is 12.8 Å². The normalized spacial score (nSPS) is 20.8. The molecule has 0 aromatic rings. The summed E-state index contributed by atoms with van der Waals surface area (Å²) >= 11 is 19.2. The summed E-state index contributed by atoms with van der Waals surface area (Å²) in [7, 11) is 4.10. The van der Waals surface area contributed by atoms with Crippen LogP contribution < -0.4 is 0 Å². The van der Waals surface area contributed by atoms with Crippen molar-refractivity contribution in [3.8, 4) is 0 Å². The van der Waals surface area contributed by atoms with Gasteiger partial charge in [-0.2, -0.15) is 0 Å². The lowest BCUT2D eigenvalue weighted by molar-refractivity contribution is 1.13. The van der Waals surface area contributed by atoms with Crippen LogP contribution in [-0.4, -0.2) is 23.0 Å². The summed E-state index contributed by atoms with van der Waals surface area (Å²) in [4.78, 5) is 0. The standard InChI is InChI=1S/C18H18S12/c1(3-19-13-11-25-17(29-13)15-21-7-8-22-15)5-27-28-6-2-4-20-14-12-26-18(30-14)16-23-9-10-24-16/h7-12H,1-6H2. The molecule has 162 valence electrons. The predicted molar refractivity (Wildman–Crippen MR) is 168 cm³/mol. The minimum Gasteiger partial charge on any atom is -0.118 e. The molecule has 0 unspecified atom stereocenters. The largest absolute Gasteiger partial charge is 0.118 e. The molecule has 4 heterocycles. The Morgan fingerprint density at radius 3 is 1.37 bits per heavy atom. The van der Waals surface area contributed by atoms with Crippen molar-refractivity contribution in [3.63, 3.8) is 0 Å². The van der Waals surface area contributed by atoms with Crippen LogP contribution in [0, 0.1) is 0 Å². The Morgan fingerprint density at radius 1 is 0.500 bits per heavy atom. The van der Waals surface area contributed by atoms with Crippen molar-refractivity contribution in [2.24, 2.45) is 0 Å². The minimum absolute atomic E-state index is 1.23. The van der Waals surface area contributed by atoms with Gasteiger partial charge in [0.05, 0.1) is 25.4 Å². The molecule has 0 spiro atoms. The van der Waals surface area contributed by atoms with Crippen molar-refractivity contribution in [2.75, 3.05) is 23.0 Å². The fraction of sp³-hybridized carbons (Fsp3) is 0.333. The molecular weight excluding hydrogens is 601 g/mol. The number of hydrogen-bond donors (Lipinski definition) is 0. The SMILES string of the molecule is C1=CSC(=C2SC=C(SCCCSSCCCSC3=CSC(=C4SC=CS4)S3)S2)S1. The van der Waals surface area contributed by atoms with Gasteiger partial charge in [-0.25, -0.2) is 0 Å². The lowest BCUT2D eigenvalue weighted by Crippen LogP contribution is -1.84. The lowest BCUT2D eigenvalue weighted by Gasteiger charge is -2.04. The van der Waals surface area contributed by atoms with Gasteiger partial charge < -0.3 is 0 Å². The maximum atomic E-state index is 2.33. The van der Waals surface area contributed by atoms with E-state index in [9.17, 15) is 0 Å². The summed E-state index contributed by atoms with van der Waals surface area (Å²) in [5, 5.41) is 13.4. The highest BCUT2D eigenvalue weighted by molar-refractivity contribution is 8.76. The summed E-state index contributed by atoms with van der Waals surface area (Å²) in [5.74, 6) is 4.99. The van der Waals surface area contributed by atoms with Gasteiger partial charge in [0.1, 0.15) is 0 Å². The first-order valence-corrected chi connectivity index (χ1v) is 20.3. The molecule has 30 heavy (non-hydrogen) atoms. The molecule has 0 amide bonds. The van der Waals surface area contributed by atoms with Crippen LogP contribution in [0.25, 0.3) is 0 Å². The molecule has 0 bridgehead atoms. The van der Waals surface area contributed by atoms with Crippen LogP contribution in [-0.2, 0) is 0 Å². The zero-order valence-corrected chi connectivity index (χ0v) is 25.4. The highest BCUT2D eigenvalue weighted by Gasteiger charge is 2.19. The summed E-state index contributed by atoms with van der Waals surface area (Å²) in [6, 6.07) is 0. The maximum absolute atomic E-state index is 2.33. The Bertz CT molecular complexity index is 705. The first kappa shape index (κ1) is 25.7. The Labute approximate surface area is 230 Å². The van der Waals surface area contributed by atoms with Crippen LogP contribution in [0.3, 0.4) is 0 Å². The molecule has 4 aliphatic rings. The van der Waals surface area contributed by atoms with E-state index in [4.69, 9.17) is 0 Å². The maximum Gasteiger partial charge on any atom is 0.0705 e. The monoisotopic (exact) mass is 618 g/mol. The molecule has 0 aromatic carbocycles. The van der Waals surface area contributed by atoms with E-state index >= 15 is 0 Å². The zero-order chi connectivity index (χ0) is 20.4. The van der Waals surface area contributed by atoms with Gasteiger partial charge in [-0.3, -0.25) is 0 Å². The molecule has 4 aliphatic heterocycles. The van der Waals surface area contributed by atoms with Crippen molar-refractivity contribution >= 4 is 139 Å². The summed E-state index contributed by atoms with van der Waals surface area (Å²) in [6.45, 7) is 0. The second-order valence-electron chi connectivity index (χ2n) is 5.53. The van der Waals surface area contributed by atoms with Gasteiger partial charge in [0.15, 0.2) is 0 Å². The van der Waals surface area contributed by atoms with Crippen LogP contribution in [0.5, 0.6) is 0 Å². The average molecular weight is 619 g/mol. The van der Waals surface area contributed by atoms with Gasteiger partial charge in [-0.1, -0.05) is 116 Å². The van der Waals surface area contributed by atoms with E-state index in [1.165, 1.54) is 61.3 Å². The third-order valence-corrected chi connectivity index (χ3v) is 18.9. The number of hydrogen-bond acceptors (Lipinski definition) is 12. The third-order valence-electron chi connectivity index (χ3n) is 3.37. The van der Waals surface area contributed by atoms with Crippen LogP contribution in [0.4, 0.5) is 0 Å². The van der Waals surface area contributed by atoms with Gasteiger partial charge in [0, 0.05) is 11.5 Å². The summed E-state index contributed by atoms with van der Waals surface area (Å²) < 4.78 is 8.78. The first-order valence-electron chi connectivity index (χ1n) is 8.93. The van der Waals surface area contributed by atoms with E-state index in [0.717, 1.165) is 0 Å². The predicted octanol–water partition coefficient (Wildman–Crippen LogP) is 11.3. The van der Waals surface area contributed by atoms with E-state index in [2.05, 4.69) is 54.0 Å². The van der Waals surface area contributed by atoms with Crippen molar-refractivity contribution in [2.45, 2.75) is 12.8 Å². The van der Waals surface area contributed by atoms with Crippen molar-refractivity contribution in [1.82, 2.24) is 0 Å². The summed E-state index contributed by atoms with van der Waals surface area (Å²) in [6.07, 6.45) is 2.58. The second-order valence-corrected chi connectivity index (χ2v) is 19.6. The van der Waals surface area contributed by atoms with E-state index in [1.54, 1.807) is 0 Å². The van der Waals surface area contributed by atoms with Crippen LogP contribution in [0.15, 0.2) is 57.9 Å². The fourth-order valence-corrected chi connectivity index (χ4v) is 16.4. The topological polar surface area (TPSA) is 0 Å². The van der Waals surface area contributed by atoms with Gasteiger partial charge >= 0.3 is 0 Å². The second kappa shape index (κ2) is 14.9. The van der Waals surface area contributed by atoms with Crippen LogP contribution >= 0.6 is 139 Å². The van der Waals surface area contributed by atoms with E-state index in [1.807, 2.05) is 118 Å². The molecule has 0 radical (unpaired) electrons. The highest BCUT2D eigenvalue weighted by atomic mass is 33.1.